The van der Waals surface area contributed by atoms with Gasteiger partial charge in [0, 0.05) is 25.6 Å². The number of nitrogens with zero attached hydrogens (tertiary/aromatic N) is 1. The van der Waals surface area contributed by atoms with Crippen LogP contribution in [-0.2, 0) is 22.4 Å². The first kappa shape index (κ1) is 20.5. The molecule has 5 nitrogen and oxygen atoms in total. The van der Waals surface area contributed by atoms with Gasteiger partial charge in [-0.1, -0.05) is 67.1 Å². The van der Waals surface area contributed by atoms with Gasteiger partial charge in [-0.2, -0.15) is 0 Å². The molecule has 2 saturated heterocycles. The topological polar surface area (TPSA) is 50.8 Å². The molecule has 0 aromatic heterocycles. The molecule has 3 unspecified atom stereocenters. The third kappa shape index (κ3) is 3.97. The highest BCUT2D eigenvalue weighted by Crippen LogP contribution is 2.49. The lowest BCUT2D eigenvalue weighted by atomic mass is 9.64. The van der Waals surface area contributed by atoms with Gasteiger partial charge in [-0.25, -0.2) is 4.79 Å². The minimum absolute atomic E-state index is 0.105. The van der Waals surface area contributed by atoms with E-state index in [2.05, 4.69) is 41.7 Å². The first-order chi connectivity index (χ1) is 15.3. The smallest absolute Gasteiger partial charge is 0.411 e. The number of rotatable bonds is 8. The van der Waals surface area contributed by atoms with E-state index in [4.69, 9.17) is 9.47 Å². The van der Waals surface area contributed by atoms with Crippen LogP contribution in [0.25, 0.3) is 0 Å². The summed E-state index contributed by atoms with van der Waals surface area (Å²) in [7, 11) is 0. The summed E-state index contributed by atoms with van der Waals surface area (Å²) in [5.41, 5.74) is 2.17. The molecule has 1 N–H and O–H groups in total. The largest absolute Gasteiger partial charge is 0.443 e. The van der Waals surface area contributed by atoms with Gasteiger partial charge in [0.05, 0.1) is 18.8 Å². The zero-order valence-corrected chi connectivity index (χ0v) is 18.0. The number of piperidine rings is 1. The molecule has 2 aliphatic heterocycles. The van der Waals surface area contributed by atoms with Crippen molar-refractivity contribution >= 4 is 6.09 Å². The summed E-state index contributed by atoms with van der Waals surface area (Å²) in [6, 6.07) is 20.7. The Labute approximate surface area is 184 Å². The molecule has 2 aromatic rings. The molecule has 31 heavy (non-hydrogen) atoms. The summed E-state index contributed by atoms with van der Waals surface area (Å²) in [6.07, 6.45) is 4.21. The second-order valence-corrected chi connectivity index (χ2v) is 9.20. The average molecular weight is 421 g/mol. The number of nitrogens with one attached hydrogen (secondary N) is 1. The van der Waals surface area contributed by atoms with Crippen molar-refractivity contribution in [2.75, 3.05) is 26.3 Å². The van der Waals surface area contributed by atoms with E-state index < -0.39 is 0 Å². The lowest BCUT2D eigenvalue weighted by molar-refractivity contribution is -0.0638. The van der Waals surface area contributed by atoms with Gasteiger partial charge in [-0.15, -0.1) is 0 Å². The Hall–Kier alpha value is -2.37. The van der Waals surface area contributed by atoms with Crippen LogP contribution in [-0.4, -0.2) is 48.9 Å². The zero-order chi connectivity index (χ0) is 21.1. The van der Waals surface area contributed by atoms with Gasteiger partial charge < -0.3 is 14.8 Å². The van der Waals surface area contributed by atoms with E-state index in [-0.39, 0.29) is 23.7 Å². The van der Waals surface area contributed by atoms with Crippen molar-refractivity contribution in [3.05, 3.63) is 71.8 Å². The molecule has 5 heteroatoms. The Morgan fingerprint density at radius 2 is 1.74 bits per heavy atom. The van der Waals surface area contributed by atoms with Crippen molar-refractivity contribution in [2.45, 2.75) is 43.9 Å². The number of amides is 1. The van der Waals surface area contributed by atoms with Gasteiger partial charge in [0.25, 0.3) is 0 Å². The van der Waals surface area contributed by atoms with Crippen molar-refractivity contribution in [2.24, 2.45) is 11.8 Å². The predicted molar refractivity (Wildman–Crippen MR) is 120 cm³/mol. The summed E-state index contributed by atoms with van der Waals surface area (Å²) in [6.45, 7) is 3.55. The Kier molecular flexibility index (Phi) is 5.97. The molecule has 164 valence electrons. The second kappa shape index (κ2) is 9.01. The molecule has 5 rings (SSSR count). The number of carbonyl (C=O) groups excluding carboxylic acids is 1. The van der Waals surface area contributed by atoms with Crippen molar-refractivity contribution < 1.29 is 14.3 Å². The molecule has 3 aliphatic rings. The van der Waals surface area contributed by atoms with Gasteiger partial charge in [0.1, 0.15) is 6.10 Å². The van der Waals surface area contributed by atoms with E-state index in [9.17, 15) is 4.79 Å². The molecular formula is C26H32N2O3. The standard InChI is InChI=1S/C26H32N2O3/c29-25-28(17-21-10-5-2-6-11-21)26(23-12-7-13-23)19-27-16-22(24(26)31-25)18-30-15-14-20-8-3-1-4-9-20/h1-6,8-11,22-24,27H,7,12-19H2. The van der Waals surface area contributed by atoms with Crippen LogP contribution in [0.15, 0.2) is 60.7 Å². The quantitative estimate of drug-likeness (QED) is 0.656. The molecule has 0 spiro atoms. The first-order valence-electron chi connectivity index (χ1n) is 11.6. The highest BCUT2D eigenvalue weighted by molar-refractivity contribution is 5.72. The van der Waals surface area contributed by atoms with Crippen molar-refractivity contribution in [3.8, 4) is 0 Å². The van der Waals surface area contributed by atoms with Crippen molar-refractivity contribution in [1.82, 2.24) is 10.2 Å². The highest BCUT2D eigenvalue weighted by atomic mass is 16.6. The number of carbonyl (C=O) groups is 1. The molecule has 0 bridgehead atoms. The summed E-state index contributed by atoms with van der Waals surface area (Å²) in [5, 5.41) is 3.64. The SMILES string of the molecule is O=C1OC2C(COCCc3ccccc3)CNCC2(C2CCC2)N1Cc1ccccc1. The van der Waals surface area contributed by atoms with Crippen LogP contribution in [0.1, 0.15) is 30.4 Å². The molecule has 0 radical (unpaired) electrons. The van der Waals surface area contributed by atoms with Gasteiger partial charge in [-0.3, -0.25) is 4.90 Å². The Bertz CT molecular complexity index is 871. The molecule has 3 fully saturated rings. The fourth-order valence-electron chi connectivity index (χ4n) is 5.56. The fourth-order valence-corrected chi connectivity index (χ4v) is 5.56. The molecular weight excluding hydrogens is 388 g/mol. The predicted octanol–water partition coefficient (Wildman–Crippen LogP) is 4.03. The second-order valence-electron chi connectivity index (χ2n) is 9.20. The van der Waals surface area contributed by atoms with Crippen LogP contribution in [0.5, 0.6) is 0 Å². The average Bonchev–Trinajstić information content (AvgIpc) is 3.04. The van der Waals surface area contributed by atoms with Crippen LogP contribution in [0.4, 0.5) is 4.79 Å². The number of hydrogen-bond donors (Lipinski definition) is 1. The van der Waals surface area contributed by atoms with E-state index in [0.29, 0.717) is 25.7 Å². The summed E-state index contributed by atoms with van der Waals surface area (Å²) < 4.78 is 12.2. The molecule has 1 aliphatic carbocycles. The lowest BCUT2D eigenvalue weighted by Gasteiger charge is -2.52. The molecule has 1 saturated carbocycles. The van der Waals surface area contributed by atoms with Crippen LogP contribution >= 0.6 is 0 Å². The zero-order valence-electron chi connectivity index (χ0n) is 18.0. The maximum atomic E-state index is 13.1. The summed E-state index contributed by atoms with van der Waals surface area (Å²) in [4.78, 5) is 15.1. The monoisotopic (exact) mass is 420 g/mol. The normalized spacial score (nSPS) is 28.1. The number of hydrogen-bond acceptors (Lipinski definition) is 4. The van der Waals surface area contributed by atoms with E-state index in [1.165, 1.54) is 24.8 Å². The maximum absolute atomic E-state index is 13.1. The third-order valence-corrected chi connectivity index (χ3v) is 7.39. The number of benzene rings is 2. The Morgan fingerprint density at radius 3 is 2.42 bits per heavy atom. The van der Waals surface area contributed by atoms with E-state index in [1.807, 2.05) is 29.2 Å². The van der Waals surface area contributed by atoms with E-state index in [1.54, 1.807) is 0 Å². The summed E-state index contributed by atoms with van der Waals surface area (Å²) >= 11 is 0. The third-order valence-electron chi connectivity index (χ3n) is 7.39. The van der Waals surface area contributed by atoms with Crippen LogP contribution < -0.4 is 5.32 Å². The van der Waals surface area contributed by atoms with Crippen LogP contribution in [0.2, 0.25) is 0 Å². The van der Waals surface area contributed by atoms with Crippen LogP contribution in [0, 0.1) is 11.8 Å². The van der Waals surface area contributed by atoms with Gasteiger partial charge >= 0.3 is 6.09 Å². The molecule has 3 atom stereocenters. The fraction of sp³-hybridized carbons (Fsp3) is 0.500. The van der Waals surface area contributed by atoms with E-state index in [0.717, 1.165) is 25.1 Å². The minimum Gasteiger partial charge on any atom is -0.443 e. The van der Waals surface area contributed by atoms with Gasteiger partial charge in [-0.05, 0) is 36.3 Å². The number of ether oxygens (including phenoxy) is 2. The van der Waals surface area contributed by atoms with Gasteiger partial charge in [0.15, 0.2) is 0 Å². The molecule has 1 amide bonds. The Morgan fingerprint density at radius 1 is 1.03 bits per heavy atom. The minimum atomic E-state index is -0.267. The van der Waals surface area contributed by atoms with Gasteiger partial charge in [0.2, 0.25) is 0 Å². The molecule has 2 heterocycles. The van der Waals surface area contributed by atoms with Crippen LogP contribution in [0.3, 0.4) is 0 Å². The Balaban J connectivity index is 1.29. The summed E-state index contributed by atoms with van der Waals surface area (Å²) in [5.74, 6) is 0.669. The number of fused-ring (bicyclic) bond motifs is 1. The maximum Gasteiger partial charge on any atom is 0.411 e. The van der Waals surface area contributed by atoms with Crippen molar-refractivity contribution in [3.63, 3.8) is 0 Å². The first-order valence-corrected chi connectivity index (χ1v) is 11.6. The molecule has 2 aromatic carbocycles. The highest BCUT2D eigenvalue weighted by Gasteiger charge is 2.63. The van der Waals surface area contributed by atoms with Crippen molar-refractivity contribution in [1.29, 1.82) is 0 Å². The van der Waals surface area contributed by atoms with E-state index >= 15 is 0 Å². The lowest BCUT2D eigenvalue weighted by Crippen LogP contribution is -2.69.